The molecule has 0 saturated heterocycles. The molecule has 0 aromatic heterocycles. The second-order valence-corrected chi connectivity index (χ2v) is 6.10. The quantitative estimate of drug-likeness (QED) is 0.814. The first-order valence-corrected chi connectivity index (χ1v) is 7.01. The number of hydrogen-bond donors (Lipinski definition) is 2. The lowest BCUT2D eigenvalue weighted by molar-refractivity contribution is 0.0528. The predicted molar refractivity (Wildman–Crippen MR) is 81.9 cm³/mol. The van der Waals surface area contributed by atoms with E-state index in [2.05, 4.69) is 42.7 Å². The molecule has 0 aliphatic heterocycles. The summed E-state index contributed by atoms with van der Waals surface area (Å²) in [6, 6.07) is 6.50. The van der Waals surface area contributed by atoms with Gasteiger partial charge in [-0.3, -0.25) is 0 Å². The lowest BCUT2D eigenvalue weighted by Gasteiger charge is -2.19. The Morgan fingerprint density at radius 2 is 1.70 bits per heavy atom. The van der Waals surface area contributed by atoms with E-state index in [1.807, 2.05) is 20.8 Å². The van der Waals surface area contributed by atoms with E-state index in [9.17, 15) is 4.79 Å². The maximum Gasteiger partial charge on any atom is 0.407 e. The van der Waals surface area contributed by atoms with Gasteiger partial charge < -0.3 is 15.4 Å². The Bertz CT molecular complexity index is 430. The van der Waals surface area contributed by atoms with Crippen LogP contribution in [0.2, 0.25) is 0 Å². The van der Waals surface area contributed by atoms with Crippen LogP contribution in [0.1, 0.15) is 37.5 Å². The fraction of sp³-hybridized carbons (Fsp3) is 0.562. The summed E-state index contributed by atoms with van der Waals surface area (Å²) in [5, 5.41) is 6.03. The van der Waals surface area contributed by atoms with Crippen molar-refractivity contribution in [2.24, 2.45) is 0 Å². The van der Waals surface area contributed by atoms with Gasteiger partial charge in [0.1, 0.15) is 5.60 Å². The minimum atomic E-state index is -0.448. The van der Waals surface area contributed by atoms with Gasteiger partial charge in [-0.1, -0.05) is 29.3 Å². The first-order valence-electron chi connectivity index (χ1n) is 7.01. The molecule has 0 unspecified atom stereocenters. The molecule has 1 rings (SSSR count). The van der Waals surface area contributed by atoms with Crippen molar-refractivity contribution in [1.29, 1.82) is 0 Å². The molecular formula is C16H26N2O2. The fourth-order valence-electron chi connectivity index (χ4n) is 1.97. The van der Waals surface area contributed by atoms with Crippen molar-refractivity contribution in [2.45, 2.75) is 46.8 Å². The third-order valence-electron chi connectivity index (χ3n) is 2.58. The molecule has 0 aliphatic rings. The molecule has 1 aromatic rings. The Labute approximate surface area is 121 Å². The Hall–Kier alpha value is -1.55. The zero-order valence-corrected chi connectivity index (χ0v) is 13.2. The topological polar surface area (TPSA) is 50.4 Å². The summed E-state index contributed by atoms with van der Waals surface area (Å²) < 4.78 is 5.16. The highest BCUT2D eigenvalue weighted by molar-refractivity contribution is 5.67. The van der Waals surface area contributed by atoms with Crippen LogP contribution in [0.4, 0.5) is 4.79 Å². The molecule has 20 heavy (non-hydrogen) atoms. The summed E-state index contributed by atoms with van der Waals surface area (Å²) in [4.78, 5) is 11.4. The van der Waals surface area contributed by atoms with Crippen molar-refractivity contribution < 1.29 is 9.53 Å². The van der Waals surface area contributed by atoms with Crippen molar-refractivity contribution in [3.63, 3.8) is 0 Å². The van der Waals surface area contributed by atoms with Gasteiger partial charge in [-0.2, -0.15) is 0 Å². The zero-order chi connectivity index (χ0) is 15.2. The normalized spacial score (nSPS) is 11.2. The average molecular weight is 278 g/mol. The van der Waals surface area contributed by atoms with Crippen LogP contribution in [0.5, 0.6) is 0 Å². The van der Waals surface area contributed by atoms with Gasteiger partial charge in [0, 0.05) is 19.6 Å². The number of rotatable bonds is 5. The van der Waals surface area contributed by atoms with Crippen LogP contribution in [0.3, 0.4) is 0 Å². The van der Waals surface area contributed by atoms with Gasteiger partial charge in [0.25, 0.3) is 0 Å². The number of benzene rings is 1. The first kappa shape index (κ1) is 16.5. The second-order valence-electron chi connectivity index (χ2n) is 6.10. The van der Waals surface area contributed by atoms with E-state index in [0.29, 0.717) is 13.1 Å². The summed E-state index contributed by atoms with van der Waals surface area (Å²) in [6.07, 6.45) is -0.370. The Morgan fingerprint density at radius 3 is 2.25 bits per heavy atom. The van der Waals surface area contributed by atoms with Crippen molar-refractivity contribution in [3.8, 4) is 0 Å². The Kier molecular flexibility index (Phi) is 6.02. The Morgan fingerprint density at radius 1 is 1.10 bits per heavy atom. The number of hydrogen-bond acceptors (Lipinski definition) is 3. The third kappa shape index (κ3) is 7.14. The molecule has 2 N–H and O–H groups in total. The highest BCUT2D eigenvalue weighted by Gasteiger charge is 2.15. The van der Waals surface area contributed by atoms with E-state index in [1.54, 1.807) is 0 Å². The number of nitrogens with one attached hydrogen (secondary N) is 2. The zero-order valence-electron chi connectivity index (χ0n) is 13.2. The largest absolute Gasteiger partial charge is 0.444 e. The van der Waals surface area contributed by atoms with Crippen LogP contribution < -0.4 is 10.6 Å². The van der Waals surface area contributed by atoms with E-state index in [1.165, 1.54) is 16.7 Å². The molecule has 1 amide bonds. The van der Waals surface area contributed by atoms with Gasteiger partial charge in [-0.15, -0.1) is 0 Å². The van der Waals surface area contributed by atoms with Gasteiger partial charge in [0.05, 0.1) is 0 Å². The van der Waals surface area contributed by atoms with Gasteiger partial charge in [0.2, 0.25) is 0 Å². The number of amides is 1. The Balaban J connectivity index is 2.20. The smallest absolute Gasteiger partial charge is 0.407 e. The number of aryl methyl sites for hydroxylation is 2. The van der Waals surface area contributed by atoms with Crippen molar-refractivity contribution in [1.82, 2.24) is 10.6 Å². The highest BCUT2D eigenvalue weighted by Crippen LogP contribution is 2.08. The maximum atomic E-state index is 11.4. The monoisotopic (exact) mass is 278 g/mol. The summed E-state index contributed by atoms with van der Waals surface area (Å²) in [6.45, 7) is 11.8. The fourth-order valence-corrected chi connectivity index (χ4v) is 1.97. The average Bonchev–Trinajstić information content (AvgIpc) is 2.24. The molecule has 0 spiro atoms. The summed E-state index contributed by atoms with van der Waals surface area (Å²) in [5.74, 6) is 0. The predicted octanol–water partition coefficient (Wildman–Crippen LogP) is 2.92. The van der Waals surface area contributed by atoms with E-state index in [0.717, 1.165) is 6.54 Å². The summed E-state index contributed by atoms with van der Waals surface area (Å²) in [5.41, 5.74) is 3.36. The maximum absolute atomic E-state index is 11.4. The van der Waals surface area contributed by atoms with Crippen LogP contribution in [-0.4, -0.2) is 24.8 Å². The lowest BCUT2D eigenvalue weighted by atomic mass is 10.1. The molecular weight excluding hydrogens is 252 g/mol. The molecule has 0 fully saturated rings. The van der Waals surface area contributed by atoms with Crippen LogP contribution in [0.25, 0.3) is 0 Å². The van der Waals surface area contributed by atoms with Crippen molar-refractivity contribution >= 4 is 6.09 Å². The van der Waals surface area contributed by atoms with Gasteiger partial charge in [-0.05, 0) is 40.2 Å². The molecule has 0 aliphatic carbocycles. The minimum absolute atomic E-state index is 0.370. The molecule has 0 radical (unpaired) electrons. The number of alkyl carbamates (subject to hydrolysis) is 1. The first-order chi connectivity index (χ1) is 9.26. The van der Waals surface area contributed by atoms with E-state index in [-0.39, 0.29) is 6.09 Å². The molecule has 1 aromatic carbocycles. The van der Waals surface area contributed by atoms with Crippen LogP contribution in [0.15, 0.2) is 18.2 Å². The molecule has 4 heteroatoms. The number of carbonyl (C=O) groups is 1. The molecule has 112 valence electrons. The molecule has 0 heterocycles. The van der Waals surface area contributed by atoms with Gasteiger partial charge >= 0.3 is 6.09 Å². The van der Waals surface area contributed by atoms with Gasteiger partial charge in [0.15, 0.2) is 0 Å². The van der Waals surface area contributed by atoms with Crippen LogP contribution >= 0.6 is 0 Å². The van der Waals surface area contributed by atoms with Gasteiger partial charge in [-0.25, -0.2) is 4.79 Å². The second kappa shape index (κ2) is 7.29. The minimum Gasteiger partial charge on any atom is -0.444 e. The third-order valence-corrected chi connectivity index (χ3v) is 2.58. The summed E-state index contributed by atoms with van der Waals surface area (Å²) in [7, 11) is 0. The molecule has 0 atom stereocenters. The van der Waals surface area contributed by atoms with Crippen LogP contribution in [-0.2, 0) is 11.3 Å². The standard InChI is InChI=1S/C16H26N2O2/c1-12-8-13(2)10-14(9-12)11-17-6-7-18-15(19)20-16(3,4)5/h8-10,17H,6-7,11H2,1-5H3,(H,18,19). The highest BCUT2D eigenvalue weighted by atomic mass is 16.6. The van der Waals surface area contributed by atoms with Crippen LogP contribution in [0, 0.1) is 13.8 Å². The van der Waals surface area contributed by atoms with Crippen molar-refractivity contribution in [2.75, 3.05) is 13.1 Å². The SMILES string of the molecule is Cc1cc(C)cc(CNCCNC(=O)OC(C)(C)C)c1. The van der Waals surface area contributed by atoms with Crippen molar-refractivity contribution in [3.05, 3.63) is 34.9 Å². The van der Waals surface area contributed by atoms with E-state index in [4.69, 9.17) is 4.74 Å². The molecule has 4 nitrogen and oxygen atoms in total. The lowest BCUT2D eigenvalue weighted by Crippen LogP contribution is -2.36. The number of carbonyl (C=O) groups excluding carboxylic acids is 1. The summed E-state index contributed by atoms with van der Waals surface area (Å²) >= 11 is 0. The van der Waals surface area contributed by atoms with E-state index >= 15 is 0 Å². The molecule has 0 bridgehead atoms. The number of ether oxygens (including phenoxy) is 1. The molecule has 0 saturated carbocycles. The van der Waals surface area contributed by atoms with E-state index < -0.39 is 5.60 Å².